The highest BCUT2D eigenvalue weighted by atomic mass is 32.2. The Bertz CT molecular complexity index is 1330. The van der Waals surface area contributed by atoms with Crippen molar-refractivity contribution in [2.75, 3.05) is 31.4 Å². The van der Waals surface area contributed by atoms with Gasteiger partial charge >= 0.3 is 0 Å². The summed E-state index contributed by atoms with van der Waals surface area (Å²) in [4.78, 5) is 15.5. The maximum Gasteiger partial charge on any atom is 0.237 e. The van der Waals surface area contributed by atoms with Crippen molar-refractivity contribution in [2.24, 2.45) is 0 Å². The maximum atomic E-state index is 13.3. The number of aromatic nitrogens is 4. The van der Waals surface area contributed by atoms with Gasteiger partial charge in [-0.05, 0) is 40.5 Å². The lowest BCUT2D eigenvalue weighted by molar-refractivity contribution is -0.122. The molecule has 2 aliphatic rings. The number of anilines is 1. The molecular weight excluding hydrogens is 470 g/mol. The Kier molecular flexibility index (Phi) is 6.26. The van der Waals surface area contributed by atoms with Crippen LogP contribution in [0.4, 0.5) is 5.69 Å². The van der Waals surface area contributed by atoms with Crippen molar-refractivity contribution < 1.29 is 18.3 Å². The smallest absolute Gasteiger partial charge is 0.237 e. The molecule has 11 nitrogen and oxygen atoms in total. The number of aliphatic hydroxyl groups excluding tert-OH is 1. The molecule has 0 aliphatic carbocycles. The van der Waals surface area contributed by atoms with Crippen LogP contribution in [0.3, 0.4) is 0 Å². The number of likely N-dealkylation sites (tertiary alicyclic amines) is 1. The minimum Gasteiger partial charge on any atom is -0.392 e. The predicted octanol–water partition coefficient (Wildman–Crippen LogP) is 0.802. The molecule has 1 saturated heterocycles. The highest BCUT2D eigenvalue weighted by molar-refractivity contribution is 7.92. The van der Waals surface area contributed by atoms with Crippen LogP contribution in [0.2, 0.25) is 0 Å². The highest BCUT2D eigenvalue weighted by Gasteiger charge is 2.35. The van der Waals surface area contributed by atoms with E-state index >= 15 is 0 Å². The van der Waals surface area contributed by atoms with Gasteiger partial charge in [-0.25, -0.2) is 8.42 Å². The zero-order valence-corrected chi connectivity index (χ0v) is 20.0. The number of H-pyrrole nitrogens is 1. The summed E-state index contributed by atoms with van der Waals surface area (Å²) in [5.74, 6) is -0.697. The Hall–Kier alpha value is -3.35. The average molecular weight is 498 g/mol. The topological polar surface area (TPSA) is 153 Å². The second-order valence-electron chi connectivity index (χ2n) is 9.04. The second kappa shape index (κ2) is 9.36. The summed E-state index contributed by atoms with van der Waals surface area (Å²) in [7, 11) is -1.82. The molecule has 3 aromatic rings. The molecule has 3 heterocycles. The number of rotatable bonds is 7. The molecule has 4 N–H and O–H groups in total. The Morgan fingerprint density at radius 3 is 2.83 bits per heavy atom. The molecule has 12 heteroatoms. The van der Waals surface area contributed by atoms with Crippen molar-refractivity contribution >= 4 is 21.6 Å². The van der Waals surface area contributed by atoms with E-state index in [2.05, 4.69) is 35.6 Å². The number of sulfonamides is 1. The van der Waals surface area contributed by atoms with E-state index in [1.165, 1.54) is 0 Å². The number of tetrazole rings is 1. The third-order valence-electron chi connectivity index (χ3n) is 6.66. The maximum absolute atomic E-state index is 13.3. The van der Waals surface area contributed by atoms with E-state index in [-0.39, 0.29) is 17.6 Å². The molecule has 1 fully saturated rings. The number of likely N-dealkylation sites (N-methyl/N-ethyl adjacent to an activating group) is 1. The predicted molar refractivity (Wildman–Crippen MR) is 129 cm³/mol. The van der Waals surface area contributed by atoms with Crippen LogP contribution in [0, 0.1) is 0 Å². The van der Waals surface area contributed by atoms with Crippen LogP contribution in [0.25, 0.3) is 11.4 Å². The Labute approximate surface area is 203 Å². The van der Waals surface area contributed by atoms with E-state index in [0.29, 0.717) is 42.1 Å². The highest BCUT2D eigenvalue weighted by Crippen LogP contribution is 2.39. The normalized spacial score (nSPS) is 20.7. The quantitative estimate of drug-likeness (QED) is 0.374. The zero-order chi connectivity index (χ0) is 24.6. The van der Waals surface area contributed by atoms with Crippen molar-refractivity contribution in [1.29, 1.82) is 0 Å². The van der Waals surface area contributed by atoms with Crippen molar-refractivity contribution in [1.82, 2.24) is 30.8 Å². The van der Waals surface area contributed by atoms with Gasteiger partial charge in [-0.2, -0.15) is 5.21 Å². The minimum absolute atomic E-state index is 0.0743. The number of fused-ring (bicyclic) bond motifs is 1. The van der Waals surface area contributed by atoms with Gasteiger partial charge in [-0.15, -0.1) is 10.2 Å². The van der Waals surface area contributed by atoms with Crippen LogP contribution >= 0.6 is 0 Å². The lowest BCUT2D eigenvalue weighted by atomic mass is 9.79. The number of amides is 1. The standard InChI is InChI=1S/C23H27N7O4S/c1-24-23(32)21(15-5-6-17-13-35(33,34)27-20(17)10-15)19(12-30-8-7-18(31)11-30)14-3-2-4-16(9-14)22-25-28-29-26-22/h2-6,9-10,18-19,21,27,31H,7-8,11-13H2,1H3,(H,24,32)(H,25,26,28,29)/t18-,19+,21?/m0/s1. The fourth-order valence-corrected chi connectivity index (χ4v) is 6.25. The first kappa shape index (κ1) is 23.4. The molecule has 0 saturated carbocycles. The van der Waals surface area contributed by atoms with E-state index < -0.39 is 22.0 Å². The summed E-state index contributed by atoms with van der Waals surface area (Å²) in [6.45, 7) is 1.80. The Balaban J connectivity index is 1.58. The van der Waals surface area contributed by atoms with E-state index in [1.54, 1.807) is 19.2 Å². The molecule has 184 valence electrons. The molecule has 5 rings (SSSR count). The summed E-state index contributed by atoms with van der Waals surface area (Å²) in [5, 5.41) is 27.1. The number of benzene rings is 2. The number of β-amino-alcohol motifs (C(OH)–C–C–N with tert-alkyl or cyclic N) is 1. The molecular formula is C23H27N7O4S. The fourth-order valence-electron chi connectivity index (χ4n) is 4.99. The molecule has 1 amide bonds. The number of aliphatic hydroxyl groups is 1. The van der Waals surface area contributed by atoms with Gasteiger partial charge in [0.2, 0.25) is 21.8 Å². The summed E-state index contributed by atoms with van der Waals surface area (Å²) in [6.07, 6.45) is 0.287. The van der Waals surface area contributed by atoms with Crippen LogP contribution in [0.15, 0.2) is 42.5 Å². The molecule has 0 radical (unpaired) electrons. The summed E-state index contributed by atoms with van der Waals surface area (Å²) in [5.41, 5.74) is 3.57. The van der Waals surface area contributed by atoms with Crippen LogP contribution in [0.5, 0.6) is 0 Å². The largest absolute Gasteiger partial charge is 0.392 e. The van der Waals surface area contributed by atoms with Crippen molar-refractivity contribution in [2.45, 2.75) is 30.1 Å². The molecule has 2 aliphatic heterocycles. The summed E-state index contributed by atoms with van der Waals surface area (Å²) >= 11 is 0. The zero-order valence-electron chi connectivity index (χ0n) is 19.2. The van der Waals surface area contributed by atoms with Gasteiger partial charge in [-0.3, -0.25) is 9.52 Å². The number of hydrogen-bond acceptors (Lipinski definition) is 8. The van der Waals surface area contributed by atoms with E-state index in [0.717, 1.165) is 17.7 Å². The molecule has 0 bridgehead atoms. The number of hydrogen-bond donors (Lipinski definition) is 4. The lowest BCUT2D eigenvalue weighted by Gasteiger charge is -2.31. The number of carbonyl (C=O) groups excluding carboxylic acids is 1. The molecule has 35 heavy (non-hydrogen) atoms. The molecule has 1 aromatic heterocycles. The van der Waals surface area contributed by atoms with E-state index in [9.17, 15) is 18.3 Å². The Morgan fingerprint density at radius 1 is 1.26 bits per heavy atom. The fraction of sp³-hybridized carbons (Fsp3) is 0.391. The van der Waals surface area contributed by atoms with Crippen molar-refractivity contribution in [3.8, 4) is 11.4 Å². The third kappa shape index (κ3) is 4.90. The number of nitrogens with one attached hydrogen (secondary N) is 3. The van der Waals surface area contributed by atoms with Crippen molar-refractivity contribution in [3.63, 3.8) is 0 Å². The van der Waals surface area contributed by atoms with Crippen LogP contribution < -0.4 is 10.0 Å². The molecule has 0 spiro atoms. The van der Waals surface area contributed by atoms with E-state index in [4.69, 9.17) is 0 Å². The van der Waals surface area contributed by atoms with Crippen LogP contribution in [-0.2, 0) is 20.6 Å². The lowest BCUT2D eigenvalue weighted by Crippen LogP contribution is -2.36. The van der Waals surface area contributed by atoms with Gasteiger partial charge in [0, 0.05) is 38.2 Å². The summed E-state index contributed by atoms with van der Waals surface area (Å²) in [6, 6.07) is 13.0. The van der Waals surface area contributed by atoms with Gasteiger partial charge in [-0.1, -0.05) is 30.3 Å². The summed E-state index contributed by atoms with van der Waals surface area (Å²) < 4.78 is 26.8. The van der Waals surface area contributed by atoms with Crippen molar-refractivity contribution in [3.05, 3.63) is 59.2 Å². The van der Waals surface area contributed by atoms with Gasteiger partial charge in [0.05, 0.1) is 23.5 Å². The number of carbonyl (C=O) groups is 1. The van der Waals surface area contributed by atoms with Crippen LogP contribution in [-0.4, -0.2) is 77.7 Å². The van der Waals surface area contributed by atoms with Gasteiger partial charge in [0.1, 0.15) is 0 Å². The van der Waals surface area contributed by atoms with Gasteiger partial charge in [0.15, 0.2) is 0 Å². The number of aromatic amines is 1. The molecule has 3 atom stereocenters. The third-order valence-corrected chi connectivity index (χ3v) is 7.88. The monoisotopic (exact) mass is 497 g/mol. The minimum atomic E-state index is -3.41. The first-order chi connectivity index (χ1) is 16.8. The first-order valence-corrected chi connectivity index (χ1v) is 13.1. The number of nitrogens with zero attached hydrogens (tertiary/aromatic N) is 4. The van der Waals surface area contributed by atoms with Gasteiger partial charge < -0.3 is 15.3 Å². The SMILES string of the molecule is CNC(=O)C(c1ccc2c(c1)NS(=O)(=O)C2)[C@H](CN1CC[C@H](O)C1)c1cccc(-c2nn[nH]n2)c1. The molecule has 1 unspecified atom stereocenters. The molecule has 2 aromatic carbocycles. The second-order valence-corrected chi connectivity index (χ2v) is 10.8. The average Bonchev–Trinajstić information content (AvgIpc) is 3.57. The van der Waals surface area contributed by atoms with Gasteiger partial charge in [0.25, 0.3) is 0 Å². The van der Waals surface area contributed by atoms with Crippen LogP contribution in [0.1, 0.15) is 34.9 Å². The van der Waals surface area contributed by atoms with E-state index in [1.807, 2.05) is 30.3 Å². The first-order valence-electron chi connectivity index (χ1n) is 11.4. The Morgan fingerprint density at radius 2 is 2.11 bits per heavy atom.